The summed E-state index contributed by atoms with van der Waals surface area (Å²) in [7, 11) is 0. The lowest BCUT2D eigenvalue weighted by molar-refractivity contribution is -0.131. The third-order valence-corrected chi connectivity index (χ3v) is 2.27. The average molecular weight is 221 g/mol. The maximum atomic E-state index is 10.8. The molecule has 3 nitrogen and oxygen atoms in total. The second-order valence-electron chi connectivity index (χ2n) is 4.40. The van der Waals surface area contributed by atoms with Crippen molar-refractivity contribution in [3.8, 4) is 5.75 Å². The number of esters is 1. The summed E-state index contributed by atoms with van der Waals surface area (Å²) in [4.78, 5) is 10.8. The Kier molecular flexibility index (Phi) is 4.50. The van der Waals surface area contributed by atoms with Gasteiger partial charge in [0.05, 0.1) is 0 Å². The molecular formula is C13H19NO2. The van der Waals surface area contributed by atoms with Crippen LogP contribution >= 0.6 is 0 Å². The molecule has 0 aliphatic heterocycles. The van der Waals surface area contributed by atoms with Crippen molar-refractivity contribution in [2.24, 2.45) is 11.7 Å². The Labute approximate surface area is 96.6 Å². The van der Waals surface area contributed by atoms with Crippen LogP contribution in [-0.4, -0.2) is 5.97 Å². The van der Waals surface area contributed by atoms with Crippen molar-refractivity contribution in [2.45, 2.75) is 33.2 Å². The number of benzene rings is 1. The van der Waals surface area contributed by atoms with Gasteiger partial charge in [-0.15, -0.1) is 0 Å². The lowest BCUT2D eigenvalue weighted by atomic mass is 9.98. The van der Waals surface area contributed by atoms with E-state index in [0.717, 1.165) is 12.0 Å². The summed E-state index contributed by atoms with van der Waals surface area (Å²) >= 11 is 0. The predicted molar refractivity (Wildman–Crippen MR) is 64.1 cm³/mol. The number of nitrogens with two attached hydrogens (primary N) is 1. The van der Waals surface area contributed by atoms with E-state index in [2.05, 4.69) is 13.8 Å². The van der Waals surface area contributed by atoms with E-state index in [1.54, 1.807) is 6.07 Å². The van der Waals surface area contributed by atoms with E-state index >= 15 is 0 Å². The van der Waals surface area contributed by atoms with Gasteiger partial charge in [-0.1, -0.05) is 26.0 Å². The summed E-state index contributed by atoms with van der Waals surface area (Å²) in [6.45, 7) is 5.66. The van der Waals surface area contributed by atoms with Gasteiger partial charge in [0.15, 0.2) is 0 Å². The van der Waals surface area contributed by atoms with Crippen LogP contribution in [0.4, 0.5) is 0 Å². The number of hydrogen-bond acceptors (Lipinski definition) is 3. The maximum absolute atomic E-state index is 10.8. The molecule has 0 unspecified atom stereocenters. The quantitative estimate of drug-likeness (QED) is 0.628. The highest BCUT2D eigenvalue weighted by atomic mass is 16.5. The Morgan fingerprint density at radius 3 is 2.69 bits per heavy atom. The molecule has 0 amide bonds. The van der Waals surface area contributed by atoms with Gasteiger partial charge < -0.3 is 10.5 Å². The summed E-state index contributed by atoms with van der Waals surface area (Å²) < 4.78 is 5.02. The van der Waals surface area contributed by atoms with Crippen LogP contribution in [0.15, 0.2) is 24.3 Å². The van der Waals surface area contributed by atoms with Crippen molar-refractivity contribution in [3.05, 3.63) is 29.8 Å². The van der Waals surface area contributed by atoms with Gasteiger partial charge in [0.25, 0.3) is 0 Å². The maximum Gasteiger partial charge on any atom is 0.308 e. The third kappa shape index (κ3) is 4.03. The molecule has 1 aromatic carbocycles. The number of rotatable bonds is 4. The standard InChI is InChI=1S/C13H19NO2/c1-9(2)7-13(14)11-5-4-6-12(8-11)16-10(3)15/h4-6,8-9,13H,7,14H2,1-3H3/t13-/m0/s1. The monoisotopic (exact) mass is 221 g/mol. The zero-order valence-corrected chi connectivity index (χ0v) is 10.1. The average Bonchev–Trinajstić information content (AvgIpc) is 2.16. The van der Waals surface area contributed by atoms with Crippen LogP contribution in [0, 0.1) is 5.92 Å². The van der Waals surface area contributed by atoms with Gasteiger partial charge in [-0.05, 0) is 30.0 Å². The normalized spacial score (nSPS) is 12.6. The number of carbonyl (C=O) groups is 1. The largest absolute Gasteiger partial charge is 0.427 e. The lowest BCUT2D eigenvalue weighted by Crippen LogP contribution is -2.13. The van der Waals surface area contributed by atoms with Gasteiger partial charge in [0, 0.05) is 13.0 Å². The molecule has 0 spiro atoms. The molecule has 0 aliphatic rings. The van der Waals surface area contributed by atoms with Gasteiger partial charge in [0.1, 0.15) is 5.75 Å². The highest BCUT2D eigenvalue weighted by Gasteiger charge is 2.09. The minimum absolute atomic E-state index is 0.00416. The first-order valence-corrected chi connectivity index (χ1v) is 5.53. The molecule has 0 radical (unpaired) electrons. The second kappa shape index (κ2) is 5.66. The van der Waals surface area contributed by atoms with Crippen LogP contribution in [-0.2, 0) is 4.79 Å². The topological polar surface area (TPSA) is 52.3 Å². The molecule has 88 valence electrons. The molecule has 2 N–H and O–H groups in total. The molecule has 0 aromatic heterocycles. The van der Waals surface area contributed by atoms with E-state index in [1.165, 1.54) is 6.92 Å². The molecule has 3 heteroatoms. The van der Waals surface area contributed by atoms with E-state index in [-0.39, 0.29) is 12.0 Å². The van der Waals surface area contributed by atoms with Crippen molar-refractivity contribution in [1.29, 1.82) is 0 Å². The zero-order chi connectivity index (χ0) is 12.1. The Morgan fingerprint density at radius 1 is 1.44 bits per heavy atom. The van der Waals surface area contributed by atoms with Gasteiger partial charge in [-0.3, -0.25) is 4.79 Å². The Balaban J connectivity index is 2.77. The number of ether oxygens (including phenoxy) is 1. The molecule has 0 saturated carbocycles. The number of hydrogen-bond donors (Lipinski definition) is 1. The first-order chi connectivity index (χ1) is 7.49. The summed E-state index contributed by atoms with van der Waals surface area (Å²) in [5.41, 5.74) is 7.06. The molecule has 0 fully saturated rings. The van der Waals surface area contributed by atoms with E-state index in [4.69, 9.17) is 10.5 Å². The van der Waals surface area contributed by atoms with Crippen LogP contribution in [0.1, 0.15) is 38.8 Å². The fourth-order valence-electron chi connectivity index (χ4n) is 1.62. The van der Waals surface area contributed by atoms with E-state index < -0.39 is 0 Å². The summed E-state index contributed by atoms with van der Waals surface area (Å²) in [5, 5.41) is 0. The van der Waals surface area contributed by atoms with E-state index in [1.807, 2.05) is 18.2 Å². The molecule has 1 rings (SSSR count). The van der Waals surface area contributed by atoms with Crippen LogP contribution in [0.5, 0.6) is 5.75 Å². The Morgan fingerprint density at radius 2 is 2.12 bits per heavy atom. The molecule has 16 heavy (non-hydrogen) atoms. The molecule has 0 saturated heterocycles. The minimum Gasteiger partial charge on any atom is -0.427 e. The fraction of sp³-hybridized carbons (Fsp3) is 0.462. The summed E-state index contributed by atoms with van der Waals surface area (Å²) in [5.74, 6) is 0.797. The molecule has 0 aliphatic carbocycles. The van der Waals surface area contributed by atoms with Gasteiger partial charge in [-0.2, -0.15) is 0 Å². The van der Waals surface area contributed by atoms with Crippen molar-refractivity contribution in [3.63, 3.8) is 0 Å². The van der Waals surface area contributed by atoms with Gasteiger partial charge >= 0.3 is 5.97 Å². The molecule has 0 heterocycles. The highest BCUT2D eigenvalue weighted by molar-refractivity contribution is 5.69. The summed E-state index contributed by atoms with van der Waals surface area (Å²) in [6.07, 6.45) is 0.920. The fourth-order valence-corrected chi connectivity index (χ4v) is 1.62. The van der Waals surface area contributed by atoms with Crippen molar-refractivity contribution in [2.75, 3.05) is 0 Å². The lowest BCUT2D eigenvalue weighted by Gasteiger charge is -2.15. The number of carbonyl (C=O) groups excluding carboxylic acids is 1. The smallest absolute Gasteiger partial charge is 0.308 e. The summed E-state index contributed by atoms with van der Waals surface area (Å²) in [6, 6.07) is 7.39. The first-order valence-electron chi connectivity index (χ1n) is 5.53. The molecule has 0 bridgehead atoms. The van der Waals surface area contributed by atoms with Crippen LogP contribution < -0.4 is 10.5 Å². The molecule has 1 atom stereocenters. The van der Waals surface area contributed by atoms with Gasteiger partial charge in [-0.25, -0.2) is 0 Å². The molecular weight excluding hydrogens is 202 g/mol. The van der Waals surface area contributed by atoms with Gasteiger partial charge in [0.2, 0.25) is 0 Å². The van der Waals surface area contributed by atoms with Crippen LogP contribution in [0.25, 0.3) is 0 Å². The molecule has 1 aromatic rings. The predicted octanol–water partition coefficient (Wildman–Crippen LogP) is 2.66. The Bertz CT molecular complexity index is 361. The van der Waals surface area contributed by atoms with Crippen molar-refractivity contribution in [1.82, 2.24) is 0 Å². The van der Waals surface area contributed by atoms with Crippen LogP contribution in [0.2, 0.25) is 0 Å². The Hall–Kier alpha value is -1.35. The SMILES string of the molecule is CC(=O)Oc1cccc([C@@H](N)CC(C)C)c1. The third-order valence-electron chi connectivity index (χ3n) is 2.27. The minimum atomic E-state index is -0.311. The highest BCUT2D eigenvalue weighted by Crippen LogP contribution is 2.22. The van der Waals surface area contributed by atoms with Crippen molar-refractivity contribution >= 4 is 5.97 Å². The first kappa shape index (κ1) is 12.7. The van der Waals surface area contributed by atoms with Crippen LogP contribution in [0.3, 0.4) is 0 Å². The van der Waals surface area contributed by atoms with E-state index in [9.17, 15) is 4.79 Å². The zero-order valence-electron chi connectivity index (χ0n) is 10.1. The van der Waals surface area contributed by atoms with Crippen molar-refractivity contribution < 1.29 is 9.53 Å². The second-order valence-corrected chi connectivity index (χ2v) is 4.40. The van der Waals surface area contributed by atoms with E-state index in [0.29, 0.717) is 11.7 Å².